The number of carbonyl (C=O) groups excluding carboxylic acids is 4. The number of carbonyl (C=O) groups is 4. The van der Waals surface area contributed by atoms with E-state index >= 15 is 0 Å². The summed E-state index contributed by atoms with van der Waals surface area (Å²) in [5.41, 5.74) is -1.13. The van der Waals surface area contributed by atoms with E-state index in [-0.39, 0.29) is 23.2 Å². The molecule has 0 aliphatic heterocycles. The number of nitrogens with one attached hydrogen (secondary N) is 1. The SMILES string of the molecule is COc1cccc(CNC(=O)COC(=O)c2ccc3c(c2[N+](=O)[O-])C(=O)c2ccccc2C3=O)c1. The predicted octanol–water partition coefficient (Wildman–Crippen LogP) is 2.85. The van der Waals surface area contributed by atoms with Crippen LogP contribution in [0.3, 0.4) is 0 Å². The van der Waals surface area contributed by atoms with Gasteiger partial charge < -0.3 is 14.8 Å². The number of amides is 1. The fourth-order valence-corrected chi connectivity index (χ4v) is 3.77. The van der Waals surface area contributed by atoms with E-state index in [9.17, 15) is 29.3 Å². The normalized spacial score (nSPS) is 11.8. The fourth-order valence-electron chi connectivity index (χ4n) is 3.77. The summed E-state index contributed by atoms with van der Waals surface area (Å²) in [5, 5.41) is 14.4. The lowest BCUT2D eigenvalue weighted by Gasteiger charge is -2.18. The Labute approximate surface area is 198 Å². The van der Waals surface area contributed by atoms with Crippen molar-refractivity contribution in [1.82, 2.24) is 5.32 Å². The van der Waals surface area contributed by atoms with E-state index in [2.05, 4.69) is 5.32 Å². The van der Waals surface area contributed by atoms with E-state index in [1.54, 1.807) is 30.3 Å². The first-order valence-electron chi connectivity index (χ1n) is 10.4. The van der Waals surface area contributed by atoms with Crippen molar-refractivity contribution in [3.63, 3.8) is 0 Å². The Morgan fingerprint density at radius 3 is 2.34 bits per heavy atom. The maximum absolute atomic E-state index is 13.0. The molecule has 3 aromatic carbocycles. The molecule has 1 aliphatic rings. The van der Waals surface area contributed by atoms with Crippen LogP contribution in [0.4, 0.5) is 5.69 Å². The summed E-state index contributed by atoms with van der Waals surface area (Å²) < 4.78 is 10.1. The van der Waals surface area contributed by atoms with E-state index in [0.717, 1.165) is 11.6 Å². The van der Waals surface area contributed by atoms with Gasteiger partial charge in [-0.2, -0.15) is 0 Å². The van der Waals surface area contributed by atoms with Gasteiger partial charge in [-0.15, -0.1) is 0 Å². The highest BCUT2D eigenvalue weighted by Crippen LogP contribution is 2.35. The quantitative estimate of drug-likeness (QED) is 0.245. The minimum Gasteiger partial charge on any atom is -0.497 e. The lowest BCUT2D eigenvalue weighted by molar-refractivity contribution is -0.385. The highest BCUT2D eigenvalue weighted by atomic mass is 16.6. The van der Waals surface area contributed by atoms with E-state index in [0.29, 0.717) is 5.75 Å². The van der Waals surface area contributed by atoms with Crippen LogP contribution in [0.2, 0.25) is 0 Å². The number of benzene rings is 3. The molecule has 0 spiro atoms. The number of ketones is 2. The van der Waals surface area contributed by atoms with Gasteiger partial charge in [0.25, 0.3) is 11.6 Å². The van der Waals surface area contributed by atoms with Gasteiger partial charge in [0.15, 0.2) is 12.4 Å². The number of nitrogens with zero attached hydrogens (tertiary/aromatic N) is 1. The molecule has 0 heterocycles. The zero-order valence-electron chi connectivity index (χ0n) is 18.4. The smallest absolute Gasteiger partial charge is 0.345 e. The number of fused-ring (bicyclic) bond motifs is 2. The lowest BCUT2D eigenvalue weighted by Crippen LogP contribution is -2.29. The summed E-state index contributed by atoms with van der Waals surface area (Å²) in [5.74, 6) is -2.50. The van der Waals surface area contributed by atoms with Crippen molar-refractivity contribution >= 4 is 29.1 Å². The number of hydrogen-bond acceptors (Lipinski definition) is 8. The highest BCUT2D eigenvalue weighted by Gasteiger charge is 2.39. The first-order valence-corrected chi connectivity index (χ1v) is 10.4. The van der Waals surface area contributed by atoms with Gasteiger partial charge in [0, 0.05) is 23.2 Å². The molecule has 0 radical (unpaired) electrons. The molecule has 0 saturated carbocycles. The molecule has 1 N–H and O–H groups in total. The second kappa shape index (κ2) is 9.56. The molecule has 3 aromatic rings. The maximum atomic E-state index is 13.0. The molecule has 1 aliphatic carbocycles. The van der Waals surface area contributed by atoms with Crippen LogP contribution in [0.1, 0.15) is 47.8 Å². The number of nitro groups is 1. The van der Waals surface area contributed by atoms with E-state index in [1.165, 1.54) is 31.4 Å². The average Bonchev–Trinajstić information content (AvgIpc) is 2.88. The predicted molar refractivity (Wildman–Crippen MR) is 122 cm³/mol. The van der Waals surface area contributed by atoms with Crippen molar-refractivity contribution in [2.75, 3.05) is 13.7 Å². The second-order valence-electron chi connectivity index (χ2n) is 7.55. The van der Waals surface area contributed by atoms with Crippen LogP contribution in [-0.2, 0) is 16.1 Å². The third kappa shape index (κ3) is 4.49. The van der Waals surface area contributed by atoms with Crippen LogP contribution in [0.25, 0.3) is 0 Å². The Kier molecular flexibility index (Phi) is 6.36. The van der Waals surface area contributed by atoms with Gasteiger partial charge in [-0.3, -0.25) is 24.5 Å². The number of rotatable bonds is 7. The summed E-state index contributed by atoms with van der Waals surface area (Å²) in [4.78, 5) is 61.5. The number of ether oxygens (including phenoxy) is 2. The minimum atomic E-state index is -1.17. The number of hydrogen-bond donors (Lipinski definition) is 1. The Morgan fingerprint density at radius 2 is 1.66 bits per heavy atom. The Balaban J connectivity index is 1.52. The Bertz CT molecular complexity index is 1400. The highest BCUT2D eigenvalue weighted by molar-refractivity contribution is 6.30. The van der Waals surface area contributed by atoms with Crippen molar-refractivity contribution in [1.29, 1.82) is 0 Å². The topological polar surface area (TPSA) is 142 Å². The van der Waals surface area contributed by atoms with E-state index in [1.807, 2.05) is 0 Å². The molecule has 0 saturated heterocycles. The van der Waals surface area contributed by atoms with Crippen molar-refractivity contribution in [3.05, 3.63) is 104 Å². The summed E-state index contributed by atoms with van der Waals surface area (Å²) in [7, 11) is 1.51. The zero-order chi connectivity index (χ0) is 25.1. The van der Waals surface area contributed by atoms with Gasteiger partial charge in [0.2, 0.25) is 5.78 Å². The van der Waals surface area contributed by atoms with Crippen LogP contribution < -0.4 is 10.1 Å². The minimum absolute atomic E-state index is 0.00976. The maximum Gasteiger partial charge on any atom is 0.345 e. The molecule has 0 atom stereocenters. The molecular formula is C25H18N2O8. The molecule has 10 heteroatoms. The summed E-state index contributed by atoms with van der Waals surface area (Å²) >= 11 is 0. The van der Waals surface area contributed by atoms with Crippen LogP contribution in [-0.4, -0.2) is 42.1 Å². The monoisotopic (exact) mass is 474 g/mol. The first-order chi connectivity index (χ1) is 16.8. The van der Waals surface area contributed by atoms with Crippen LogP contribution in [0.5, 0.6) is 5.75 Å². The molecule has 0 aromatic heterocycles. The first kappa shape index (κ1) is 23.3. The van der Waals surface area contributed by atoms with Gasteiger partial charge in [-0.1, -0.05) is 36.4 Å². The van der Waals surface area contributed by atoms with E-state index < -0.39 is 51.8 Å². The standard InChI is InChI=1S/C25H18N2O8/c1-34-15-6-4-5-14(11-15)12-26-20(28)13-35-25(31)19-10-9-18-21(22(19)27(32)33)24(30)17-8-3-2-7-16(17)23(18)29/h2-11H,12-13H2,1H3,(H,26,28). The molecular weight excluding hydrogens is 456 g/mol. The van der Waals surface area contributed by atoms with Crippen molar-refractivity contribution in [2.45, 2.75) is 6.54 Å². The summed E-state index contributed by atoms with van der Waals surface area (Å²) in [6, 6.07) is 15.2. The molecule has 0 fully saturated rings. The molecule has 1 amide bonds. The van der Waals surface area contributed by atoms with Crippen molar-refractivity contribution < 1.29 is 33.6 Å². The third-order valence-corrected chi connectivity index (χ3v) is 5.43. The van der Waals surface area contributed by atoms with Gasteiger partial charge in [0.1, 0.15) is 16.9 Å². The van der Waals surface area contributed by atoms with Gasteiger partial charge in [-0.05, 0) is 29.8 Å². The molecule has 0 bridgehead atoms. The Hall–Kier alpha value is -4.86. The average molecular weight is 474 g/mol. The van der Waals surface area contributed by atoms with Gasteiger partial charge in [-0.25, -0.2) is 4.79 Å². The van der Waals surface area contributed by atoms with Crippen LogP contribution in [0.15, 0.2) is 60.7 Å². The van der Waals surface area contributed by atoms with Crippen molar-refractivity contribution in [3.8, 4) is 5.75 Å². The molecule has 10 nitrogen and oxygen atoms in total. The van der Waals surface area contributed by atoms with Crippen LogP contribution >= 0.6 is 0 Å². The Morgan fingerprint density at radius 1 is 0.943 bits per heavy atom. The lowest BCUT2D eigenvalue weighted by atomic mass is 9.82. The zero-order valence-corrected chi connectivity index (χ0v) is 18.4. The summed E-state index contributed by atoms with van der Waals surface area (Å²) in [6.07, 6.45) is 0. The number of nitro benzene ring substituents is 1. The fraction of sp³-hybridized carbons (Fsp3) is 0.120. The van der Waals surface area contributed by atoms with Gasteiger partial charge >= 0.3 is 5.97 Å². The molecule has 0 unspecified atom stereocenters. The third-order valence-electron chi connectivity index (χ3n) is 5.43. The van der Waals surface area contributed by atoms with Crippen molar-refractivity contribution in [2.24, 2.45) is 0 Å². The second-order valence-corrected chi connectivity index (χ2v) is 7.55. The van der Waals surface area contributed by atoms with Crippen LogP contribution in [0, 0.1) is 10.1 Å². The number of methoxy groups -OCH3 is 1. The number of esters is 1. The molecule has 176 valence electrons. The van der Waals surface area contributed by atoms with Gasteiger partial charge in [0.05, 0.1) is 12.0 Å². The summed E-state index contributed by atoms with van der Waals surface area (Å²) in [6.45, 7) is -0.560. The molecule has 35 heavy (non-hydrogen) atoms. The molecule has 4 rings (SSSR count). The van der Waals surface area contributed by atoms with E-state index in [4.69, 9.17) is 9.47 Å². The largest absolute Gasteiger partial charge is 0.497 e.